The lowest BCUT2D eigenvalue weighted by molar-refractivity contribution is 0.159. The Morgan fingerprint density at radius 2 is 2.15 bits per heavy atom. The van der Waals surface area contributed by atoms with Crippen molar-refractivity contribution in [3.05, 3.63) is 29.8 Å². The molecule has 0 aromatic heterocycles. The summed E-state index contributed by atoms with van der Waals surface area (Å²) >= 11 is 0. The minimum absolute atomic E-state index is 0.0932. The van der Waals surface area contributed by atoms with Crippen LogP contribution in [0.15, 0.2) is 24.3 Å². The number of amides is 1. The highest BCUT2D eigenvalue weighted by Crippen LogP contribution is 2.13. The van der Waals surface area contributed by atoms with Gasteiger partial charge in [0.05, 0.1) is 12.3 Å². The van der Waals surface area contributed by atoms with Crippen LogP contribution in [0.25, 0.3) is 0 Å². The van der Waals surface area contributed by atoms with Crippen LogP contribution in [0, 0.1) is 0 Å². The number of hydrogen-bond acceptors (Lipinski definition) is 5. The molecule has 4 N–H and O–H groups in total. The summed E-state index contributed by atoms with van der Waals surface area (Å²) < 4.78 is 31.8. The lowest BCUT2D eigenvalue weighted by Crippen LogP contribution is -2.35. The summed E-state index contributed by atoms with van der Waals surface area (Å²) in [6.07, 6.45) is 0.563. The largest absolute Gasteiger partial charge is 0.449 e. The maximum absolute atomic E-state index is 11.7. The maximum Gasteiger partial charge on any atom is 0.422 e. The molecule has 0 bridgehead atoms. The first-order chi connectivity index (χ1) is 9.46. The van der Waals surface area contributed by atoms with E-state index in [9.17, 15) is 13.2 Å². The van der Waals surface area contributed by atoms with Crippen molar-refractivity contribution in [1.82, 2.24) is 4.72 Å². The molecule has 1 aromatic rings. The Hall–Kier alpha value is -1.80. The molecule has 0 aliphatic rings. The van der Waals surface area contributed by atoms with Gasteiger partial charge in [-0.3, -0.25) is 4.72 Å². The molecule has 0 aliphatic carbocycles. The number of carbonyl (C=O) groups is 1. The van der Waals surface area contributed by atoms with E-state index < -0.39 is 16.3 Å². The summed E-state index contributed by atoms with van der Waals surface area (Å²) in [6.45, 7) is 2.25. The summed E-state index contributed by atoms with van der Waals surface area (Å²) in [7, 11) is -3.99. The van der Waals surface area contributed by atoms with Crippen molar-refractivity contribution >= 4 is 22.0 Å². The number of aryl methyl sites for hydroxylation is 1. The first kappa shape index (κ1) is 16.3. The summed E-state index contributed by atoms with van der Waals surface area (Å²) in [4.78, 5) is 11.1. The molecule has 0 heterocycles. The van der Waals surface area contributed by atoms with Crippen LogP contribution in [0.2, 0.25) is 0 Å². The van der Waals surface area contributed by atoms with Crippen LogP contribution < -0.4 is 15.2 Å². The van der Waals surface area contributed by atoms with Gasteiger partial charge in [0.15, 0.2) is 0 Å². The predicted molar refractivity (Wildman–Crippen MR) is 76.5 cm³/mol. The molecule has 8 heteroatoms. The van der Waals surface area contributed by atoms with Gasteiger partial charge >= 0.3 is 16.3 Å². The van der Waals surface area contributed by atoms with Crippen LogP contribution in [0.5, 0.6) is 0 Å². The maximum atomic E-state index is 11.7. The second-order valence-electron chi connectivity index (χ2n) is 4.02. The second kappa shape index (κ2) is 7.71. The van der Waals surface area contributed by atoms with Gasteiger partial charge in [-0.1, -0.05) is 12.1 Å². The van der Waals surface area contributed by atoms with E-state index in [0.717, 1.165) is 18.4 Å². The molecule has 0 fully saturated rings. The minimum Gasteiger partial charge on any atom is -0.449 e. The number of nitrogens with two attached hydrogens (primary N) is 1. The van der Waals surface area contributed by atoms with Gasteiger partial charge < -0.3 is 10.5 Å². The Morgan fingerprint density at radius 1 is 1.40 bits per heavy atom. The van der Waals surface area contributed by atoms with Gasteiger partial charge in [0, 0.05) is 0 Å². The van der Waals surface area contributed by atoms with Crippen LogP contribution in [-0.4, -0.2) is 27.7 Å². The lowest BCUT2D eigenvalue weighted by Gasteiger charge is -2.10. The molecule has 20 heavy (non-hydrogen) atoms. The number of hydrogen-bond donors (Lipinski definition) is 3. The third-order valence-corrected chi connectivity index (χ3v) is 3.28. The SMILES string of the molecule is CCOC(=O)NS(=O)(=O)Nc1cccc(CCCN)c1. The monoisotopic (exact) mass is 301 g/mol. The van der Waals surface area contributed by atoms with Crippen molar-refractivity contribution in [2.45, 2.75) is 19.8 Å². The molecule has 0 atom stereocenters. The van der Waals surface area contributed by atoms with Crippen molar-refractivity contribution in [3.63, 3.8) is 0 Å². The van der Waals surface area contributed by atoms with Crippen molar-refractivity contribution in [3.8, 4) is 0 Å². The number of anilines is 1. The fraction of sp³-hybridized carbons (Fsp3) is 0.417. The molecule has 7 nitrogen and oxygen atoms in total. The molecule has 0 aliphatic heterocycles. The number of carbonyl (C=O) groups excluding carboxylic acids is 1. The van der Waals surface area contributed by atoms with E-state index in [1.807, 2.05) is 6.07 Å². The highest BCUT2D eigenvalue weighted by molar-refractivity contribution is 7.91. The Balaban J connectivity index is 2.69. The standard InChI is InChI=1S/C12H19N3O4S/c1-2-19-12(16)15-20(17,18)14-11-7-3-5-10(9-11)6-4-8-13/h3,5,7,9,14H,2,4,6,8,13H2,1H3,(H,15,16). The minimum atomic E-state index is -3.99. The van der Waals surface area contributed by atoms with E-state index in [-0.39, 0.29) is 6.61 Å². The van der Waals surface area contributed by atoms with Gasteiger partial charge in [-0.25, -0.2) is 9.52 Å². The highest BCUT2D eigenvalue weighted by atomic mass is 32.2. The van der Waals surface area contributed by atoms with E-state index >= 15 is 0 Å². The Morgan fingerprint density at radius 3 is 2.80 bits per heavy atom. The Labute approximate surface area is 118 Å². The third kappa shape index (κ3) is 5.89. The van der Waals surface area contributed by atoms with Gasteiger partial charge in [0.2, 0.25) is 0 Å². The van der Waals surface area contributed by atoms with Crippen LogP contribution in [-0.2, 0) is 21.4 Å². The fourth-order valence-corrected chi connectivity index (χ4v) is 2.31. The molecule has 1 amide bonds. The van der Waals surface area contributed by atoms with Gasteiger partial charge in [-0.15, -0.1) is 0 Å². The van der Waals surface area contributed by atoms with Gasteiger partial charge in [-0.05, 0) is 44.0 Å². The number of rotatable bonds is 7. The number of ether oxygens (including phenoxy) is 1. The number of benzene rings is 1. The van der Waals surface area contributed by atoms with Crippen LogP contribution in [0.3, 0.4) is 0 Å². The van der Waals surface area contributed by atoms with E-state index in [4.69, 9.17) is 5.73 Å². The van der Waals surface area contributed by atoms with Crippen molar-refractivity contribution < 1.29 is 17.9 Å². The van der Waals surface area contributed by atoms with Gasteiger partial charge in [-0.2, -0.15) is 8.42 Å². The first-order valence-corrected chi connectivity index (χ1v) is 7.71. The van der Waals surface area contributed by atoms with Crippen molar-refractivity contribution in [1.29, 1.82) is 0 Å². The molecule has 0 saturated heterocycles. The molecule has 1 rings (SSSR count). The summed E-state index contributed by atoms with van der Waals surface area (Å²) in [5.41, 5.74) is 6.76. The number of nitrogens with one attached hydrogen (secondary N) is 2. The van der Waals surface area contributed by atoms with Gasteiger partial charge in [0.25, 0.3) is 0 Å². The average molecular weight is 301 g/mol. The van der Waals surface area contributed by atoms with E-state index in [2.05, 4.69) is 9.46 Å². The summed E-state index contributed by atoms with van der Waals surface area (Å²) in [6, 6.07) is 6.90. The average Bonchev–Trinajstić information content (AvgIpc) is 2.35. The Kier molecular flexibility index (Phi) is 6.26. The van der Waals surface area contributed by atoms with E-state index in [0.29, 0.717) is 12.2 Å². The molecule has 1 aromatic carbocycles. The smallest absolute Gasteiger partial charge is 0.422 e. The lowest BCUT2D eigenvalue weighted by atomic mass is 10.1. The van der Waals surface area contributed by atoms with E-state index in [1.54, 1.807) is 29.8 Å². The quantitative estimate of drug-likeness (QED) is 0.695. The zero-order valence-corrected chi connectivity index (χ0v) is 12.1. The third-order valence-electron chi connectivity index (χ3n) is 2.34. The zero-order valence-electron chi connectivity index (χ0n) is 11.3. The molecular formula is C12H19N3O4S. The molecule has 0 radical (unpaired) electrons. The molecule has 0 spiro atoms. The van der Waals surface area contributed by atoms with Gasteiger partial charge in [0.1, 0.15) is 0 Å². The topological polar surface area (TPSA) is 111 Å². The Bertz CT molecular complexity index is 545. The van der Waals surface area contributed by atoms with Crippen LogP contribution >= 0.6 is 0 Å². The highest BCUT2D eigenvalue weighted by Gasteiger charge is 2.14. The normalized spacial score (nSPS) is 10.9. The molecule has 112 valence electrons. The molecule has 0 unspecified atom stereocenters. The van der Waals surface area contributed by atoms with Crippen LogP contribution in [0.4, 0.5) is 10.5 Å². The predicted octanol–water partition coefficient (Wildman–Crippen LogP) is 0.981. The van der Waals surface area contributed by atoms with E-state index in [1.165, 1.54) is 0 Å². The van der Waals surface area contributed by atoms with Crippen molar-refractivity contribution in [2.75, 3.05) is 17.9 Å². The molecule has 0 saturated carbocycles. The van der Waals surface area contributed by atoms with Crippen molar-refractivity contribution in [2.24, 2.45) is 5.73 Å². The summed E-state index contributed by atoms with van der Waals surface area (Å²) in [5, 5.41) is 0. The first-order valence-electron chi connectivity index (χ1n) is 6.23. The van der Waals surface area contributed by atoms with Crippen LogP contribution in [0.1, 0.15) is 18.9 Å². The molecular weight excluding hydrogens is 282 g/mol. The second-order valence-corrected chi connectivity index (χ2v) is 5.44. The fourth-order valence-electron chi connectivity index (χ4n) is 1.55. The summed E-state index contributed by atoms with van der Waals surface area (Å²) in [5.74, 6) is 0. The zero-order chi connectivity index (χ0) is 15.0.